The summed E-state index contributed by atoms with van der Waals surface area (Å²) in [4.78, 5) is 19.4. The standard InChI is InChI=1S/C19H29N3O4/c1-2-17-20-6-8-21(17)7-3-18(23)22-11-14-12-26-10-5-19(14,24)15-13-25-9-4-16(15)22/h6,8,14-16,24H,2-5,7,9-13H2,1H3/t14-,15+,16-,19-/m0/s1. The molecule has 26 heavy (non-hydrogen) atoms. The van der Waals surface area contributed by atoms with Crippen molar-refractivity contribution >= 4 is 5.91 Å². The number of likely N-dealkylation sites (tertiary alicyclic amines) is 1. The van der Waals surface area contributed by atoms with Gasteiger partial charge in [0.2, 0.25) is 5.91 Å². The quantitative estimate of drug-likeness (QED) is 0.858. The number of fused-ring (bicyclic) bond motifs is 3. The van der Waals surface area contributed by atoms with Gasteiger partial charge in [0.05, 0.1) is 18.8 Å². The van der Waals surface area contributed by atoms with E-state index in [0.29, 0.717) is 52.4 Å². The molecule has 3 aliphatic heterocycles. The largest absolute Gasteiger partial charge is 0.389 e. The Kier molecular flexibility index (Phi) is 5.03. The Labute approximate surface area is 154 Å². The lowest BCUT2D eigenvalue weighted by atomic mass is 9.66. The second kappa shape index (κ2) is 7.29. The first-order chi connectivity index (χ1) is 12.6. The lowest BCUT2D eigenvalue weighted by molar-refractivity contribution is -0.219. The molecule has 1 N–H and O–H groups in total. The van der Waals surface area contributed by atoms with E-state index in [1.165, 1.54) is 0 Å². The van der Waals surface area contributed by atoms with Gasteiger partial charge in [-0.15, -0.1) is 0 Å². The topological polar surface area (TPSA) is 76.8 Å². The zero-order chi connectivity index (χ0) is 18.1. The number of rotatable bonds is 4. The lowest BCUT2D eigenvalue weighted by Crippen LogP contribution is -2.68. The molecule has 3 aliphatic rings. The van der Waals surface area contributed by atoms with E-state index >= 15 is 0 Å². The van der Waals surface area contributed by atoms with Gasteiger partial charge in [0.25, 0.3) is 0 Å². The van der Waals surface area contributed by atoms with Gasteiger partial charge in [0.1, 0.15) is 5.82 Å². The zero-order valence-corrected chi connectivity index (χ0v) is 15.5. The third-order valence-electron chi connectivity index (χ3n) is 6.46. The Morgan fingerprint density at radius 1 is 1.38 bits per heavy atom. The van der Waals surface area contributed by atoms with E-state index in [4.69, 9.17) is 9.47 Å². The summed E-state index contributed by atoms with van der Waals surface area (Å²) < 4.78 is 13.3. The third kappa shape index (κ3) is 3.06. The van der Waals surface area contributed by atoms with Crippen LogP contribution in [0.1, 0.15) is 32.0 Å². The zero-order valence-electron chi connectivity index (χ0n) is 15.5. The molecule has 1 aromatic heterocycles. The number of piperidine rings is 1. The number of aryl methyl sites for hydroxylation is 2. The molecular formula is C19H29N3O4. The summed E-state index contributed by atoms with van der Waals surface area (Å²) in [5, 5.41) is 11.3. The molecule has 7 heteroatoms. The summed E-state index contributed by atoms with van der Waals surface area (Å²) in [7, 11) is 0. The van der Waals surface area contributed by atoms with Crippen LogP contribution < -0.4 is 0 Å². The Hall–Kier alpha value is -1.44. The second-order valence-corrected chi connectivity index (χ2v) is 7.74. The molecule has 4 heterocycles. The number of hydrogen-bond acceptors (Lipinski definition) is 5. The molecule has 0 spiro atoms. The summed E-state index contributed by atoms with van der Waals surface area (Å²) in [6.45, 7) is 5.60. The van der Waals surface area contributed by atoms with Gasteiger partial charge >= 0.3 is 0 Å². The molecule has 0 bridgehead atoms. The highest BCUT2D eigenvalue weighted by Gasteiger charge is 2.56. The molecule has 0 aromatic carbocycles. The van der Waals surface area contributed by atoms with Gasteiger partial charge in [0.15, 0.2) is 0 Å². The van der Waals surface area contributed by atoms with Gasteiger partial charge in [-0.05, 0) is 6.42 Å². The Morgan fingerprint density at radius 2 is 2.23 bits per heavy atom. The van der Waals surface area contributed by atoms with Gasteiger partial charge in [-0.25, -0.2) is 4.98 Å². The highest BCUT2D eigenvalue weighted by atomic mass is 16.5. The van der Waals surface area contributed by atoms with Crippen molar-refractivity contribution in [3.05, 3.63) is 18.2 Å². The van der Waals surface area contributed by atoms with E-state index in [9.17, 15) is 9.90 Å². The molecule has 4 atom stereocenters. The van der Waals surface area contributed by atoms with Gasteiger partial charge in [0, 0.05) is 75.8 Å². The van der Waals surface area contributed by atoms with Crippen LogP contribution in [0.3, 0.4) is 0 Å². The minimum absolute atomic E-state index is 0.0118. The van der Waals surface area contributed by atoms with Crippen LogP contribution in [-0.2, 0) is 27.2 Å². The number of nitrogens with zero attached hydrogens (tertiary/aromatic N) is 3. The SMILES string of the molecule is CCc1nccn1CCC(=O)N1C[C@H]2COCC[C@@]2(O)[C@@H]2COCC[C@@H]21. The van der Waals surface area contributed by atoms with Gasteiger partial charge in [-0.2, -0.15) is 0 Å². The van der Waals surface area contributed by atoms with Crippen LogP contribution in [0.2, 0.25) is 0 Å². The maximum absolute atomic E-state index is 13.1. The van der Waals surface area contributed by atoms with Crippen molar-refractivity contribution < 1.29 is 19.4 Å². The van der Waals surface area contributed by atoms with Crippen molar-refractivity contribution in [1.82, 2.24) is 14.5 Å². The van der Waals surface area contributed by atoms with Crippen LogP contribution >= 0.6 is 0 Å². The van der Waals surface area contributed by atoms with Crippen LogP contribution in [0.4, 0.5) is 0 Å². The third-order valence-corrected chi connectivity index (χ3v) is 6.46. The van der Waals surface area contributed by atoms with Crippen molar-refractivity contribution in [3.63, 3.8) is 0 Å². The van der Waals surface area contributed by atoms with Gasteiger partial charge < -0.3 is 24.0 Å². The molecule has 7 nitrogen and oxygen atoms in total. The molecule has 4 rings (SSSR count). The number of carbonyl (C=O) groups excluding carboxylic acids is 1. The number of hydrogen-bond donors (Lipinski definition) is 1. The van der Waals surface area contributed by atoms with E-state index in [2.05, 4.69) is 16.5 Å². The minimum Gasteiger partial charge on any atom is -0.389 e. The van der Waals surface area contributed by atoms with Crippen LogP contribution in [0.25, 0.3) is 0 Å². The summed E-state index contributed by atoms with van der Waals surface area (Å²) in [6, 6.07) is 0.0732. The molecule has 1 aromatic rings. The minimum atomic E-state index is -0.764. The maximum atomic E-state index is 13.1. The van der Waals surface area contributed by atoms with Crippen LogP contribution in [0.5, 0.6) is 0 Å². The Bertz CT molecular complexity index is 648. The lowest BCUT2D eigenvalue weighted by Gasteiger charge is -2.57. The van der Waals surface area contributed by atoms with Crippen molar-refractivity contribution in [1.29, 1.82) is 0 Å². The highest BCUT2D eigenvalue weighted by Crippen LogP contribution is 2.44. The first-order valence-electron chi connectivity index (χ1n) is 9.81. The normalized spacial score (nSPS) is 34.2. The predicted octanol–water partition coefficient (Wildman–Crippen LogP) is 0.851. The number of aliphatic hydroxyl groups is 1. The second-order valence-electron chi connectivity index (χ2n) is 7.74. The van der Waals surface area contributed by atoms with Crippen LogP contribution in [-0.4, -0.2) is 70.1 Å². The molecular weight excluding hydrogens is 334 g/mol. The fraction of sp³-hybridized carbons (Fsp3) is 0.789. The van der Waals surface area contributed by atoms with Crippen molar-refractivity contribution in [2.45, 2.75) is 50.8 Å². The first-order valence-corrected chi connectivity index (χ1v) is 9.81. The average Bonchev–Trinajstić information content (AvgIpc) is 3.13. The molecule has 0 radical (unpaired) electrons. The van der Waals surface area contributed by atoms with E-state index < -0.39 is 5.60 Å². The monoisotopic (exact) mass is 363 g/mol. The highest BCUT2D eigenvalue weighted by molar-refractivity contribution is 5.76. The molecule has 3 saturated heterocycles. The van der Waals surface area contributed by atoms with E-state index in [-0.39, 0.29) is 23.8 Å². The molecule has 0 aliphatic carbocycles. The van der Waals surface area contributed by atoms with E-state index in [0.717, 1.165) is 18.7 Å². The number of carbonyl (C=O) groups is 1. The Balaban J connectivity index is 1.49. The molecule has 1 amide bonds. The summed E-state index contributed by atoms with van der Waals surface area (Å²) in [5.41, 5.74) is -0.764. The van der Waals surface area contributed by atoms with Crippen molar-refractivity contribution in [2.75, 3.05) is 33.0 Å². The number of imidazole rings is 1. The molecule has 0 unspecified atom stereocenters. The van der Waals surface area contributed by atoms with Crippen LogP contribution in [0.15, 0.2) is 12.4 Å². The number of aromatic nitrogens is 2. The van der Waals surface area contributed by atoms with Crippen molar-refractivity contribution in [2.24, 2.45) is 11.8 Å². The van der Waals surface area contributed by atoms with Gasteiger partial charge in [-0.1, -0.05) is 6.92 Å². The predicted molar refractivity (Wildman–Crippen MR) is 94.5 cm³/mol. The van der Waals surface area contributed by atoms with Crippen LogP contribution in [0, 0.1) is 11.8 Å². The summed E-state index contributed by atoms with van der Waals surface area (Å²) in [6.07, 6.45) is 6.49. The maximum Gasteiger partial charge on any atom is 0.224 e. The fourth-order valence-corrected chi connectivity index (χ4v) is 4.96. The summed E-state index contributed by atoms with van der Waals surface area (Å²) in [5.74, 6) is 1.13. The average molecular weight is 363 g/mol. The Morgan fingerprint density at radius 3 is 3.08 bits per heavy atom. The van der Waals surface area contributed by atoms with Gasteiger partial charge in [-0.3, -0.25) is 4.79 Å². The molecule has 3 fully saturated rings. The molecule has 144 valence electrons. The first kappa shape index (κ1) is 17.9. The van der Waals surface area contributed by atoms with E-state index in [1.807, 2.05) is 11.1 Å². The smallest absolute Gasteiger partial charge is 0.224 e. The van der Waals surface area contributed by atoms with Crippen molar-refractivity contribution in [3.8, 4) is 0 Å². The molecule has 0 saturated carbocycles. The fourth-order valence-electron chi connectivity index (χ4n) is 4.96. The van der Waals surface area contributed by atoms with E-state index in [1.54, 1.807) is 6.20 Å². The number of ether oxygens (including phenoxy) is 2. The summed E-state index contributed by atoms with van der Waals surface area (Å²) >= 11 is 0. The number of amides is 1.